The van der Waals surface area contributed by atoms with E-state index in [9.17, 15) is 14.4 Å². The summed E-state index contributed by atoms with van der Waals surface area (Å²) in [4.78, 5) is 40.1. The first-order chi connectivity index (χ1) is 14.0. The van der Waals surface area contributed by atoms with Crippen LogP contribution in [0, 0.1) is 0 Å². The van der Waals surface area contributed by atoms with Crippen molar-refractivity contribution in [1.29, 1.82) is 0 Å². The van der Waals surface area contributed by atoms with Gasteiger partial charge in [-0.3, -0.25) is 19.7 Å². The molecule has 29 heavy (non-hydrogen) atoms. The molecule has 0 aliphatic carbocycles. The van der Waals surface area contributed by atoms with E-state index in [1.165, 1.54) is 7.05 Å². The van der Waals surface area contributed by atoms with Gasteiger partial charge in [-0.2, -0.15) is 5.10 Å². The van der Waals surface area contributed by atoms with E-state index in [-0.39, 0.29) is 18.3 Å². The fourth-order valence-corrected chi connectivity index (χ4v) is 2.62. The smallest absolute Gasteiger partial charge is 0.252 e. The van der Waals surface area contributed by atoms with E-state index < -0.39 is 17.9 Å². The number of hydrogen-bond donors (Lipinski definition) is 4. The van der Waals surface area contributed by atoms with Gasteiger partial charge >= 0.3 is 0 Å². The third kappa shape index (κ3) is 5.48. The molecule has 0 fully saturated rings. The predicted octanol–water partition coefficient (Wildman–Crippen LogP) is 0.853. The average Bonchev–Trinajstić information content (AvgIpc) is 3.07. The minimum atomic E-state index is -0.855. The van der Waals surface area contributed by atoms with Crippen LogP contribution in [0.2, 0.25) is 0 Å². The third-order valence-electron chi connectivity index (χ3n) is 4.03. The Morgan fingerprint density at radius 1 is 1.17 bits per heavy atom. The maximum atomic E-state index is 12.3. The van der Waals surface area contributed by atoms with Crippen molar-refractivity contribution < 1.29 is 14.4 Å². The first kappa shape index (κ1) is 19.7. The largest absolute Gasteiger partial charge is 0.355 e. The summed E-state index contributed by atoms with van der Waals surface area (Å²) in [7, 11) is 1.53. The van der Waals surface area contributed by atoms with Crippen LogP contribution < -0.4 is 21.4 Å². The Hall–Kier alpha value is -4.01. The van der Waals surface area contributed by atoms with Crippen molar-refractivity contribution in [2.45, 2.75) is 12.5 Å². The van der Waals surface area contributed by atoms with Crippen molar-refractivity contribution in [2.75, 3.05) is 12.4 Å². The molecule has 2 aromatic rings. The lowest BCUT2D eigenvalue weighted by atomic mass is 10.1. The van der Waals surface area contributed by atoms with E-state index in [1.807, 2.05) is 30.3 Å². The molecule has 1 aliphatic rings. The van der Waals surface area contributed by atoms with E-state index in [4.69, 9.17) is 0 Å². The van der Waals surface area contributed by atoms with Gasteiger partial charge in [0.1, 0.15) is 6.04 Å². The lowest BCUT2D eigenvalue weighted by molar-refractivity contribution is -0.123. The summed E-state index contributed by atoms with van der Waals surface area (Å²) >= 11 is 0. The van der Waals surface area contributed by atoms with E-state index in [2.05, 4.69) is 31.5 Å². The number of nitrogens with zero attached hydrogens (tertiary/aromatic N) is 2. The molecule has 0 radical (unpaired) electrons. The van der Waals surface area contributed by atoms with Gasteiger partial charge in [0, 0.05) is 18.3 Å². The molecule has 2 aromatic carbocycles. The minimum absolute atomic E-state index is 0.135. The summed E-state index contributed by atoms with van der Waals surface area (Å²) in [6.07, 6.45) is 1.46. The summed E-state index contributed by atoms with van der Waals surface area (Å²) in [5.41, 5.74) is 4.42. The van der Waals surface area contributed by atoms with Crippen molar-refractivity contribution in [3.63, 3.8) is 0 Å². The molecule has 0 saturated carbocycles. The topological polar surface area (TPSA) is 124 Å². The molecule has 9 heteroatoms. The number of amides is 3. The first-order valence-electron chi connectivity index (χ1n) is 8.90. The Morgan fingerprint density at radius 2 is 1.97 bits per heavy atom. The summed E-state index contributed by atoms with van der Waals surface area (Å²) in [6, 6.07) is 15.1. The number of hydrogen-bond acceptors (Lipinski definition) is 6. The van der Waals surface area contributed by atoms with Crippen molar-refractivity contribution in [3.8, 4) is 0 Å². The molecular weight excluding hydrogens is 372 g/mol. The molecule has 0 bridgehead atoms. The van der Waals surface area contributed by atoms with Crippen LogP contribution >= 0.6 is 0 Å². The van der Waals surface area contributed by atoms with Gasteiger partial charge in [-0.05, 0) is 23.8 Å². The Morgan fingerprint density at radius 3 is 2.72 bits per heavy atom. The van der Waals surface area contributed by atoms with Gasteiger partial charge in [-0.1, -0.05) is 36.4 Å². The zero-order valence-corrected chi connectivity index (χ0v) is 15.7. The van der Waals surface area contributed by atoms with Crippen molar-refractivity contribution in [2.24, 2.45) is 10.1 Å². The fourth-order valence-electron chi connectivity index (χ4n) is 2.62. The number of guanidine groups is 1. The zero-order valence-electron chi connectivity index (χ0n) is 15.7. The molecule has 1 heterocycles. The quantitative estimate of drug-likeness (QED) is 0.430. The Balaban J connectivity index is 1.55. The van der Waals surface area contributed by atoms with Crippen LogP contribution in [0.4, 0.5) is 5.69 Å². The number of nitrogens with one attached hydrogen (secondary N) is 4. The number of carbonyl (C=O) groups is 3. The van der Waals surface area contributed by atoms with E-state index in [0.29, 0.717) is 11.3 Å². The fraction of sp³-hybridized carbons (Fsp3) is 0.150. The molecular formula is C20H20N6O3. The highest BCUT2D eigenvalue weighted by atomic mass is 16.2. The highest BCUT2D eigenvalue weighted by Gasteiger charge is 2.28. The number of rotatable bonds is 6. The Labute approximate surface area is 167 Å². The SMILES string of the molecule is CNC(=O)c1cccc(NC(=O)CC2N=C(NN=Cc3ccccc3)NC2=O)c1. The van der Waals surface area contributed by atoms with E-state index in [0.717, 1.165) is 5.56 Å². The van der Waals surface area contributed by atoms with Gasteiger partial charge in [-0.25, -0.2) is 10.4 Å². The van der Waals surface area contributed by atoms with Crippen LogP contribution in [-0.2, 0) is 9.59 Å². The molecule has 0 spiro atoms. The van der Waals surface area contributed by atoms with Gasteiger partial charge in [0.15, 0.2) is 0 Å². The summed E-state index contributed by atoms with van der Waals surface area (Å²) in [5.74, 6) is -0.858. The van der Waals surface area contributed by atoms with Crippen LogP contribution in [0.5, 0.6) is 0 Å². The van der Waals surface area contributed by atoms with E-state index >= 15 is 0 Å². The number of hydrazone groups is 1. The molecule has 1 atom stereocenters. The van der Waals surface area contributed by atoms with Crippen molar-refractivity contribution in [3.05, 3.63) is 65.7 Å². The first-order valence-corrected chi connectivity index (χ1v) is 8.90. The molecule has 4 N–H and O–H groups in total. The molecule has 0 saturated heterocycles. The molecule has 148 valence electrons. The van der Waals surface area contributed by atoms with Crippen LogP contribution in [0.1, 0.15) is 22.3 Å². The third-order valence-corrected chi connectivity index (χ3v) is 4.03. The number of anilines is 1. The summed E-state index contributed by atoms with van der Waals surface area (Å²) in [6.45, 7) is 0. The molecule has 0 aromatic heterocycles. The van der Waals surface area contributed by atoms with Crippen LogP contribution in [0.25, 0.3) is 0 Å². The van der Waals surface area contributed by atoms with Crippen LogP contribution in [0.3, 0.4) is 0 Å². The highest BCUT2D eigenvalue weighted by Crippen LogP contribution is 2.13. The maximum absolute atomic E-state index is 12.3. The number of benzene rings is 2. The second-order valence-corrected chi connectivity index (χ2v) is 6.18. The minimum Gasteiger partial charge on any atom is -0.355 e. The van der Waals surface area contributed by atoms with Crippen molar-refractivity contribution in [1.82, 2.24) is 16.1 Å². The molecule has 1 aliphatic heterocycles. The maximum Gasteiger partial charge on any atom is 0.252 e. The predicted molar refractivity (Wildman–Crippen MR) is 110 cm³/mol. The number of aliphatic imine (C=N–C) groups is 1. The summed E-state index contributed by atoms with van der Waals surface area (Å²) < 4.78 is 0. The normalized spacial score (nSPS) is 15.6. The second-order valence-electron chi connectivity index (χ2n) is 6.18. The van der Waals surface area contributed by atoms with Gasteiger partial charge in [0.2, 0.25) is 11.9 Å². The van der Waals surface area contributed by atoms with Gasteiger partial charge in [-0.15, -0.1) is 0 Å². The Kier molecular flexibility index (Phi) is 6.31. The molecule has 3 rings (SSSR count). The number of carbonyl (C=O) groups excluding carboxylic acids is 3. The lowest BCUT2D eigenvalue weighted by Gasteiger charge is -2.08. The standard InChI is InChI=1S/C20H20N6O3/c1-21-18(28)14-8-5-9-15(10-14)23-17(27)11-16-19(29)25-20(24-16)26-22-12-13-6-3-2-4-7-13/h2-10,12,16H,11H2,1H3,(H,21,28)(H,23,27)(H2,24,25,26,29). The highest BCUT2D eigenvalue weighted by molar-refractivity contribution is 6.07. The molecule has 1 unspecified atom stereocenters. The van der Waals surface area contributed by atoms with Crippen molar-refractivity contribution >= 4 is 35.6 Å². The Bertz CT molecular complexity index is 971. The average molecular weight is 392 g/mol. The van der Waals surface area contributed by atoms with E-state index in [1.54, 1.807) is 30.5 Å². The molecule has 3 amide bonds. The van der Waals surface area contributed by atoms with Gasteiger partial charge in [0.05, 0.1) is 12.6 Å². The van der Waals surface area contributed by atoms with Crippen LogP contribution in [-0.4, -0.2) is 43.0 Å². The molecule has 9 nitrogen and oxygen atoms in total. The summed E-state index contributed by atoms with van der Waals surface area (Å²) in [5, 5.41) is 11.7. The second kappa shape index (κ2) is 9.27. The van der Waals surface area contributed by atoms with Gasteiger partial charge in [0.25, 0.3) is 11.8 Å². The zero-order chi connectivity index (χ0) is 20.6. The van der Waals surface area contributed by atoms with Gasteiger partial charge < -0.3 is 10.6 Å². The lowest BCUT2D eigenvalue weighted by Crippen LogP contribution is -2.35. The monoisotopic (exact) mass is 392 g/mol. The van der Waals surface area contributed by atoms with Crippen LogP contribution in [0.15, 0.2) is 64.7 Å².